The van der Waals surface area contributed by atoms with E-state index in [2.05, 4.69) is 12.2 Å². The molecule has 0 atom stereocenters. The molecule has 130 valence electrons. The lowest BCUT2D eigenvalue weighted by atomic mass is 10.1. The van der Waals surface area contributed by atoms with Crippen molar-refractivity contribution in [3.8, 4) is 5.75 Å². The van der Waals surface area contributed by atoms with Crippen LogP contribution in [-0.2, 0) is 22.4 Å². The molecule has 25 heavy (non-hydrogen) atoms. The summed E-state index contributed by atoms with van der Waals surface area (Å²) in [5.41, 5.74) is 3.51. The Hall–Kier alpha value is -2.82. The Morgan fingerprint density at radius 1 is 1.24 bits per heavy atom. The quantitative estimate of drug-likeness (QED) is 0.931. The second kappa shape index (κ2) is 7.38. The van der Waals surface area contributed by atoms with Gasteiger partial charge in [-0.25, -0.2) is 0 Å². The molecule has 0 radical (unpaired) electrons. The highest BCUT2D eigenvalue weighted by Gasteiger charge is 2.20. The molecule has 0 aliphatic carbocycles. The molecule has 1 heterocycles. The number of nitrogens with zero attached hydrogens (tertiary/aromatic N) is 1. The molecule has 1 N–H and O–H groups in total. The van der Waals surface area contributed by atoms with Gasteiger partial charge in [0.25, 0.3) is 0 Å². The minimum atomic E-state index is -0.0793. The standard InChI is InChI=1S/C20H22N2O3/c1-3-15-6-4-5-7-16(15)21-19(23)13-14-8-9-18-17(12-14)22(2)20(24)10-11-25-18/h4-9,12H,3,10-11,13H2,1-2H3,(H,21,23). The predicted molar refractivity (Wildman–Crippen MR) is 98.1 cm³/mol. The summed E-state index contributed by atoms with van der Waals surface area (Å²) in [6.07, 6.45) is 1.46. The average Bonchev–Trinajstić information content (AvgIpc) is 2.75. The largest absolute Gasteiger partial charge is 0.491 e. The van der Waals surface area contributed by atoms with Crippen LogP contribution in [0.5, 0.6) is 5.75 Å². The van der Waals surface area contributed by atoms with E-state index in [-0.39, 0.29) is 18.2 Å². The van der Waals surface area contributed by atoms with Gasteiger partial charge in [0.05, 0.1) is 25.1 Å². The van der Waals surface area contributed by atoms with E-state index < -0.39 is 0 Å². The van der Waals surface area contributed by atoms with Crippen LogP contribution in [0.4, 0.5) is 11.4 Å². The molecule has 5 nitrogen and oxygen atoms in total. The van der Waals surface area contributed by atoms with Gasteiger partial charge in [-0.05, 0) is 35.7 Å². The van der Waals surface area contributed by atoms with Crippen LogP contribution < -0.4 is 15.0 Å². The lowest BCUT2D eigenvalue weighted by Crippen LogP contribution is -2.25. The number of hydrogen-bond donors (Lipinski definition) is 1. The summed E-state index contributed by atoms with van der Waals surface area (Å²) in [5, 5.41) is 2.97. The summed E-state index contributed by atoms with van der Waals surface area (Å²) in [4.78, 5) is 26.0. The number of carbonyl (C=O) groups is 2. The van der Waals surface area contributed by atoms with E-state index in [1.807, 2.05) is 42.5 Å². The van der Waals surface area contributed by atoms with Crippen LogP contribution in [0.3, 0.4) is 0 Å². The molecule has 0 aromatic heterocycles. The molecular weight excluding hydrogens is 316 g/mol. The van der Waals surface area contributed by atoms with Crippen LogP contribution in [0.25, 0.3) is 0 Å². The number of benzene rings is 2. The minimum absolute atomic E-state index is 0.0113. The molecule has 2 amide bonds. The number of carbonyl (C=O) groups excluding carboxylic acids is 2. The molecule has 1 aliphatic heterocycles. The fraction of sp³-hybridized carbons (Fsp3) is 0.300. The number of ether oxygens (including phenoxy) is 1. The highest BCUT2D eigenvalue weighted by molar-refractivity contribution is 5.96. The van der Waals surface area contributed by atoms with Crippen molar-refractivity contribution in [2.75, 3.05) is 23.9 Å². The number of hydrogen-bond acceptors (Lipinski definition) is 3. The Morgan fingerprint density at radius 3 is 2.84 bits per heavy atom. The SMILES string of the molecule is CCc1ccccc1NC(=O)Cc1ccc2c(c1)N(C)C(=O)CCO2. The van der Waals surface area contributed by atoms with Crippen molar-refractivity contribution in [3.63, 3.8) is 0 Å². The van der Waals surface area contributed by atoms with E-state index in [0.29, 0.717) is 24.5 Å². The van der Waals surface area contributed by atoms with Crippen LogP contribution in [0.2, 0.25) is 0 Å². The van der Waals surface area contributed by atoms with Crippen molar-refractivity contribution in [2.24, 2.45) is 0 Å². The number of nitrogens with one attached hydrogen (secondary N) is 1. The van der Waals surface area contributed by atoms with Gasteiger partial charge in [0.2, 0.25) is 11.8 Å². The average molecular weight is 338 g/mol. The molecule has 1 aliphatic rings. The van der Waals surface area contributed by atoms with Gasteiger partial charge in [-0.2, -0.15) is 0 Å². The van der Waals surface area contributed by atoms with Gasteiger partial charge in [0, 0.05) is 12.7 Å². The van der Waals surface area contributed by atoms with Gasteiger partial charge >= 0.3 is 0 Å². The van der Waals surface area contributed by atoms with E-state index in [4.69, 9.17) is 4.74 Å². The van der Waals surface area contributed by atoms with Gasteiger partial charge in [-0.1, -0.05) is 31.2 Å². The van der Waals surface area contributed by atoms with Crippen LogP contribution in [0.15, 0.2) is 42.5 Å². The first-order valence-electron chi connectivity index (χ1n) is 8.48. The number of rotatable bonds is 4. The maximum Gasteiger partial charge on any atom is 0.230 e. The zero-order valence-corrected chi connectivity index (χ0v) is 14.5. The molecule has 0 unspecified atom stereocenters. The first kappa shape index (κ1) is 17.0. The molecule has 2 aromatic rings. The summed E-state index contributed by atoms with van der Waals surface area (Å²) < 4.78 is 5.61. The van der Waals surface area contributed by atoms with Gasteiger partial charge < -0.3 is 15.0 Å². The first-order chi connectivity index (χ1) is 12.1. The summed E-state index contributed by atoms with van der Waals surface area (Å²) in [5.74, 6) is 0.607. The van der Waals surface area contributed by atoms with Gasteiger partial charge in [-0.3, -0.25) is 9.59 Å². The summed E-state index contributed by atoms with van der Waals surface area (Å²) >= 11 is 0. The summed E-state index contributed by atoms with van der Waals surface area (Å²) in [6, 6.07) is 13.3. The maximum absolute atomic E-state index is 12.4. The Morgan fingerprint density at radius 2 is 2.04 bits per heavy atom. The molecule has 0 saturated carbocycles. The molecular formula is C20H22N2O3. The number of aryl methyl sites for hydroxylation is 1. The van der Waals surface area contributed by atoms with Crippen LogP contribution in [0, 0.1) is 0 Å². The lowest BCUT2D eigenvalue weighted by Gasteiger charge is -2.17. The van der Waals surface area contributed by atoms with E-state index in [1.54, 1.807) is 11.9 Å². The van der Waals surface area contributed by atoms with Crippen molar-refractivity contribution in [3.05, 3.63) is 53.6 Å². The van der Waals surface area contributed by atoms with E-state index in [0.717, 1.165) is 23.2 Å². The zero-order valence-electron chi connectivity index (χ0n) is 14.5. The van der Waals surface area contributed by atoms with E-state index in [1.165, 1.54) is 0 Å². The van der Waals surface area contributed by atoms with Crippen molar-refractivity contribution >= 4 is 23.2 Å². The molecule has 3 rings (SSSR count). The van der Waals surface area contributed by atoms with Crippen molar-refractivity contribution < 1.29 is 14.3 Å². The van der Waals surface area contributed by atoms with Crippen molar-refractivity contribution in [1.82, 2.24) is 0 Å². The molecule has 2 aromatic carbocycles. The smallest absolute Gasteiger partial charge is 0.230 e. The zero-order chi connectivity index (χ0) is 17.8. The maximum atomic E-state index is 12.4. The minimum Gasteiger partial charge on any atom is -0.491 e. The Bertz CT molecular complexity index is 801. The van der Waals surface area contributed by atoms with E-state index in [9.17, 15) is 9.59 Å². The molecule has 0 bridgehead atoms. The van der Waals surface area contributed by atoms with Crippen LogP contribution in [-0.4, -0.2) is 25.5 Å². The van der Waals surface area contributed by atoms with Crippen molar-refractivity contribution in [2.45, 2.75) is 26.2 Å². The molecule has 0 spiro atoms. The monoisotopic (exact) mass is 338 g/mol. The highest BCUT2D eigenvalue weighted by Crippen LogP contribution is 2.31. The third-order valence-electron chi connectivity index (χ3n) is 4.37. The van der Waals surface area contributed by atoms with Crippen LogP contribution >= 0.6 is 0 Å². The second-order valence-electron chi connectivity index (χ2n) is 6.09. The van der Waals surface area contributed by atoms with Crippen LogP contribution in [0.1, 0.15) is 24.5 Å². The Labute approximate surface area is 147 Å². The van der Waals surface area contributed by atoms with Gasteiger partial charge in [0.15, 0.2) is 0 Å². The third kappa shape index (κ3) is 3.82. The molecule has 0 saturated heterocycles. The normalized spacial score (nSPS) is 13.7. The van der Waals surface area contributed by atoms with Crippen molar-refractivity contribution in [1.29, 1.82) is 0 Å². The summed E-state index contributed by atoms with van der Waals surface area (Å²) in [6.45, 7) is 2.44. The highest BCUT2D eigenvalue weighted by atomic mass is 16.5. The predicted octanol–water partition coefficient (Wildman–Crippen LogP) is 3.18. The van der Waals surface area contributed by atoms with Gasteiger partial charge in [0.1, 0.15) is 5.75 Å². The fourth-order valence-corrected chi connectivity index (χ4v) is 2.94. The van der Waals surface area contributed by atoms with Gasteiger partial charge in [-0.15, -0.1) is 0 Å². The lowest BCUT2D eigenvalue weighted by molar-refractivity contribution is -0.118. The first-order valence-corrected chi connectivity index (χ1v) is 8.48. The Kier molecular flexibility index (Phi) is 5.03. The fourth-order valence-electron chi connectivity index (χ4n) is 2.94. The number of para-hydroxylation sites is 1. The molecule has 5 heteroatoms. The topological polar surface area (TPSA) is 58.6 Å². The molecule has 0 fully saturated rings. The third-order valence-corrected chi connectivity index (χ3v) is 4.37. The Balaban J connectivity index is 1.76. The summed E-state index contributed by atoms with van der Waals surface area (Å²) in [7, 11) is 1.73. The van der Waals surface area contributed by atoms with E-state index >= 15 is 0 Å². The number of fused-ring (bicyclic) bond motifs is 1. The number of amides is 2. The number of anilines is 2. The second-order valence-corrected chi connectivity index (χ2v) is 6.09.